The minimum Gasteiger partial charge on any atom is -0.405 e. The van der Waals surface area contributed by atoms with Crippen LogP contribution < -0.4 is 11.2 Å². The minimum atomic E-state index is -2.32. The first-order valence-corrected chi connectivity index (χ1v) is 10.6. The maximum Gasteiger partial charge on any atom is 0.330 e. The van der Waals surface area contributed by atoms with Crippen molar-refractivity contribution in [3.8, 4) is 0 Å². The van der Waals surface area contributed by atoms with E-state index in [1.165, 1.54) is 16.8 Å². The third-order valence-corrected chi connectivity index (χ3v) is 11.2. The Kier molecular flexibility index (Phi) is 3.16. The van der Waals surface area contributed by atoms with Gasteiger partial charge in [0.2, 0.25) is 8.32 Å². The average molecular weight is 354 g/mol. The fourth-order valence-corrected chi connectivity index (χ4v) is 7.92. The highest BCUT2D eigenvalue weighted by atomic mass is 28.4. The van der Waals surface area contributed by atoms with Gasteiger partial charge >= 0.3 is 5.69 Å². The summed E-state index contributed by atoms with van der Waals surface area (Å²) in [6, 6.07) is 1.26. The average Bonchev–Trinajstić information content (AvgIpc) is 3.05. The lowest BCUT2D eigenvalue weighted by atomic mass is 10.0. The standard InChI is InChI=1S/C15H22N2O6Si/c1-14(2,3)24(4)12-15(7-18)10(23-24)9(21-12)11(22-15)17-6-5-8(19)16-13(17)20/h5-6,9-12,18H,7H2,1-4H3,(H,16,19,20)/t9?,10?,11-,12?,15-,24?/m1/s1. The second-order valence-electron chi connectivity index (χ2n) is 8.02. The Balaban J connectivity index is 1.74. The van der Waals surface area contributed by atoms with E-state index in [1.54, 1.807) is 0 Å². The summed E-state index contributed by atoms with van der Waals surface area (Å²) in [6.45, 7) is 8.23. The SMILES string of the molecule is CC(C)(C)[Si]1(C)OC2C3OC1[C@]2(CO)O[C@H]3n1ccc(=O)[nH]c1=O. The van der Waals surface area contributed by atoms with Gasteiger partial charge in [-0.25, -0.2) is 4.79 Å². The first-order valence-electron chi connectivity index (χ1n) is 8.07. The predicted molar refractivity (Wildman–Crippen MR) is 86.1 cm³/mol. The first kappa shape index (κ1) is 16.2. The Morgan fingerprint density at radius 3 is 2.67 bits per heavy atom. The molecule has 0 spiro atoms. The summed E-state index contributed by atoms with van der Waals surface area (Å²) in [7, 11) is -2.32. The summed E-state index contributed by atoms with van der Waals surface area (Å²) in [6.07, 6.45) is -0.225. The molecule has 8 nitrogen and oxygen atoms in total. The number of H-pyrrole nitrogens is 1. The van der Waals surface area contributed by atoms with Gasteiger partial charge in [0.25, 0.3) is 5.56 Å². The number of hydrogen-bond donors (Lipinski definition) is 2. The number of aromatic amines is 1. The molecule has 4 bridgehead atoms. The van der Waals surface area contributed by atoms with Crippen LogP contribution in [0.2, 0.25) is 11.6 Å². The van der Waals surface area contributed by atoms with Gasteiger partial charge in [-0.05, 0) is 11.6 Å². The Morgan fingerprint density at radius 2 is 2.12 bits per heavy atom. The molecule has 0 radical (unpaired) electrons. The van der Waals surface area contributed by atoms with Crippen molar-refractivity contribution in [2.45, 2.75) is 62.1 Å². The van der Waals surface area contributed by atoms with Gasteiger partial charge in [0, 0.05) is 12.3 Å². The zero-order valence-electron chi connectivity index (χ0n) is 14.1. The number of aliphatic hydroxyl groups excluding tert-OH is 1. The molecule has 4 heterocycles. The molecule has 3 fully saturated rings. The van der Waals surface area contributed by atoms with E-state index in [4.69, 9.17) is 13.9 Å². The fourth-order valence-electron chi connectivity index (χ4n) is 4.12. The van der Waals surface area contributed by atoms with E-state index in [0.29, 0.717) is 0 Å². The van der Waals surface area contributed by atoms with Crippen molar-refractivity contribution in [2.24, 2.45) is 0 Å². The molecule has 3 aliphatic heterocycles. The van der Waals surface area contributed by atoms with Gasteiger partial charge in [0.05, 0.1) is 6.61 Å². The van der Waals surface area contributed by atoms with E-state index in [0.717, 1.165) is 0 Å². The van der Waals surface area contributed by atoms with Crippen molar-refractivity contribution in [2.75, 3.05) is 6.61 Å². The summed E-state index contributed by atoms with van der Waals surface area (Å²) in [5.41, 5.74) is -2.27. The van der Waals surface area contributed by atoms with Gasteiger partial charge in [0.1, 0.15) is 23.5 Å². The number of aliphatic hydroxyl groups is 1. The maximum absolute atomic E-state index is 12.1. The number of ether oxygens (including phenoxy) is 2. The van der Waals surface area contributed by atoms with Crippen LogP contribution in [-0.2, 0) is 13.9 Å². The Bertz CT molecular complexity index is 800. The molecule has 4 unspecified atom stereocenters. The van der Waals surface area contributed by atoms with E-state index in [2.05, 4.69) is 32.3 Å². The molecule has 3 saturated heterocycles. The highest BCUT2D eigenvalue weighted by Crippen LogP contribution is 2.62. The molecule has 4 rings (SSSR count). The van der Waals surface area contributed by atoms with Crippen LogP contribution in [0.15, 0.2) is 21.9 Å². The molecule has 3 aliphatic rings. The highest BCUT2D eigenvalue weighted by Gasteiger charge is 2.80. The van der Waals surface area contributed by atoms with Crippen molar-refractivity contribution in [3.05, 3.63) is 33.1 Å². The van der Waals surface area contributed by atoms with Gasteiger partial charge < -0.3 is 19.0 Å². The molecule has 9 heteroatoms. The monoisotopic (exact) mass is 354 g/mol. The van der Waals surface area contributed by atoms with Crippen LogP contribution in [0, 0.1) is 0 Å². The van der Waals surface area contributed by atoms with E-state index >= 15 is 0 Å². The molecule has 0 aliphatic carbocycles. The molecule has 2 N–H and O–H groups in total. The third kappa shape index (κ3) is 1.76. The second-order valence-corrected chi connectivity index (χ2v) is 12.5. The number of rotatable bonds is 2. The molecule has 1 aromatic heterocycles. The second kappa shape index (κ2) is 4.67. The maximum atomic E-state index is 12.1. The Morgan fingerprint density at radius 1 is 1.42 bits per heavy atom. The van der Waals surface area contributed by atoms with Crippen molar-refractivity contribution >= 4 is 8.32 Å². The van der Waals surface area contributed by atoms with Crippen LogP contribution in [0.5, 0.6) is 0 Å². The summed E-state index contributed by atoms with van der Waals surface area (Å²) < 4.78 is 20.1. The van der Waals surface area contributed by atoms with Crippen molar-refractivity contribution in [3.63, 3.8) is 0 Å². The molecule has 1 aromatic rings. The lowest BCUT2D eigenvalue weighted by Gasteiger charge is -2.46. The van der Waals surface area contributed by atoms with Crippen LogP contribution in [0.1, 0.15) is 27.0 Å². The lowest BCUT2D eigenvalue weighted by Crippen LogP contribution is -2.62. The number of aromatic nitrogens is 2. The Hall–Kier alpha value is -1.26. The van der Waals surface area contributed by atoms with E-state index in [9.17, 15) is 14.7 Å². The van der Waals surface area contributed by atoms with Crippen LogP contribution in [0.3, 0.4) is 0 Å². The zero-order chi connectivity index (χ0) is 17.5. The normalized spacial score (nSPS) is 43.5. The zero-order valence-corrected chi connectivity index (χ0v) is 15.1. The molecule has 0 saturated carbocycles. The molecule has 24 heavy (non-hydrogen) atoms. The molecule has 0 amide bonds. The molecule has 0 aromatic carbocycles. The number of hydrogen-bond acceptors (Lipinski definition) is 6. The first-order chi connectivity index (χ1) is 11.1. The summed E-state index contributed by atoms with van der Waals surface area (Å²) in [5, 5.41) is 10.0. The number of nitrogens with zero attached hydrogens (tertiary/aromatic N) is 1. The van der Waals surface area contributed by atoms with E-state index < -0.39 is 43.6 Å². The summed E-state index contributed by atoms with van der Waals surface area (Å²) >= 11 is 0. The van der Waals surface area contributed by atoms with Gasteiger partial charge in [0.15, 0.2) is 6.23 Å². The minimum absolute atomic E-state index is 0.0805. The lowest BCUT2D eigenvalue weighted by molar-refractivity contribution is -0.201. The molecular weight excluding hydrogens is 332 g/mol. The smallest absolute Gasteiger partial charge is 0.330 e. The molecule has 132 valence electrons. The largest absolute Gasteiger partial charge is 0.405 e. The topological polar surface area (TPSA) is 103 Å². The fraction of sp³-hybridized carbons (Fsp3) is 0.733. The molecule has 6 atom stereocenters. The summed E-state index contributed by atoms with van der Waals surface area (Å²) in [5.74, 6) is 0. The van der Waals surface area contributed by atoms with Crippen molar-refractivity contribution in [1.82, 2.24) is 9.55 Å². The van der Waals surface area contributed by atoms with Gasteiger partial charge in [-0.1, -0.05) is 20.8 Å². The quantitative estimate of drug-likeness (QED) is 0.718. The van der Waals surface area contributed by atoms with Gasteiger partial charge in [-0.15, -0.1) is 0 Å². The van der Waals surface area contributed by atoms with E-state index in [1.807, 2.05) is 0 Å². The Labute approximate surface area is 139 Å². The van der Waals surface area contributed by atoms with Crippen molar-refractivity contribution < 1.29 is 19.0 Å². The van der Waals surface area contributed by atoms with E-state index in [-0.39, 0.29) is 17.4 Å². The van der Waals surface area contributed by atoms with Crippen molar-refractivity contribution in [1.29, 1.82) is 0 Å². The van der Waals surface area contributed by atoms with Gasteiger partial charge in [-0.2, -0.15) is 0 Å². The number of nitrogens with one attached hydrogen (secondary N) is 1. The summed E-state index contributed by atoms with van der Waals surface area (Å²) in [4.78, 5) is 25.5. The van der Waals surface area contributed by atoms with Crippen LogP contribution in [0.25, 0.3) is 0 Å². The van der Waals surface area contributed by atoms with Crippen LogP contribution in [-0.4, -0.2) is 53.1 Å². The van der Waals surface area contributed by atoms with Gasteiger partial charge in [-0.3, -0.25) is 14.3 Å². The highest BCUT2D eigenvalue weighted by molar-refractivity contribution is 6.77. The third-order valence-electron chi connectivity index (χ3n) is 5.87. The van der Waals surface area contributed by atoms with Crippen LogP contribution >= 0.6 is 0 Å². The predicted octanol–water partition coefficient (Wildman–Crippen LogP) is -0.123. The molecular formula is C15H22N2O6Si. The van der Waals surface area contributed by atoms with Crippen LogP contribution in [0.4, 0.5) is 0 Å².